The van der Waals surface area contributed by atoms with Crippen molar-refractivity contribution in [3.63, 3.8) is 0 Å². The van der Waals surface area contributed by atoms with Crippen LogP contribution in [0, 0.1) is 0 Å². The second kappa shape index (κ2) is 19.7. The van der Waals surface area contributed by atoms with Gasteiger partial charge in [0.2, 0.25) is 0 Å². The first kappa shape index (κ1) is 53.4. The molecule has 0 N–H and O–H groups in total. The van der Waals surface area contributed by atoms with E-state index in [2.05, 4.69) is 192 Å². The Balaban J connectivity index is -0.000000142. The summed E-state index contributed by atoms with van der Waals surface area (Å²) in [5.74, 6) is 0. The standard InChI is InChI=1S/4C9H21Si.Ge2/c4*1-8(2,3)10(7)9(4,5)6;1-2/h4*1-7H3;. The minimum atomic E-state index is -0.221. The fourth-order valence-electron chi connectivity index (χ4n) is 4.50. The van der Waals surface area contributed by atoms with Gasteiger partial charge in [0, 0.05) is 0 Å². The van der Waals surface area contributed by atoms with Crippen LogP contribution in [0.2, 0.25) is 66.5 Å². The summed E-state index contributed by atoms with van der Waals surface area (Å²) >= 11 is 4.00. The fraction of sp³-hybridized carbons (Fsp3) is 1.00. The topological polar surface area (TPSA) is 0 Å². The van der Waals surface area contributed by atoms with Crippen molar-refractivity contribution in [3.8, 4) is 0 Å². The van der Waals surface area contributed by atoms with Gasteiger partial charge in [-0.1, -0.05) is 192 Å². The third-order valence-electron chi connectivity index (χ3n) is 9.00. The Kier molecular flexibility index (Phi) is 25.1. The molecular weight excluding hydrogens is 690 g/mol. The quantitative estimate of drug-likeness (QED) is 0.215. The molecule has 0 atom stereocenters. The maximum absolute atomic E-state index is 2.44. The average molecular weight is 775 g/mol. The van der Waals surface area contributed by atoms with Crippen molar-refractivity contribution in [1.29, 1.82) is 0 Å². The van der Waals surface area contributed by atoms with Gasteiger partial charge < -0.3 is 0 Å². The molecule has 6 heteroatoms. The van der Waals surface area contributed by atoms with Gasteiger partial charge in [-0.3, -0.25) is 0 Å². The summed E-state index contributed by atoms with van der Waals surface area (Å²) in [6.07, 6.45) is 0. The van der Waals surface area contributed by atoms with E-state index >= 15 is 0 Å². The summed E-state index contributed by atoms with van der Waals surface area (Å²) in [4.78, 5) is 0. The summed E-state index contributed by atoms with van der Waals surface area (Å²) in [5, 5.41) is 4.36. The molecule has 8 radical (unpaired) electrons. The molecule has 0 rings (SSSR count). The Morgan fingerprint density at radius 2 is 0.262 bits per heavy atom. The third-order valence-corrected chi connectivity index (χ3v) is 27.0. The number of hydrogen-bond donors (Lipinski definition) is 0. The van der Waals surface area contributed by atoms with Crippen molar-refractivity contribution in [3.05, 3.63) is 0 Å². The van der Waals surface area contributed by atoms with E-state index in [1.807, 2.05) is 28.0 Å². The number of hydrogen-bond acceptors (Lipinski definition) is 0. The van der Waals surface area contributed by atoms with Crippen molar-refractivity contribution in [2.45, 2.75) is 233 Å². The third kappa shape index (κ3) is 28.2. The van der Waals surface area contributed by atoms with Gasteiger partial charge in [-0.15, -0.1) is 0 Å². The van der Waals surface area contributed by atoms with E-state index in [-0.39, 0.29) is 35.2 Å². The summed E-state index contributed by atoms with van der Waals surface area (Å²) in [6.45, 7) is 66.2. The molecule has 0 spiro atoms. The van der Waals surface area contributed by atoms with Crippen molar-refractivity contribution in [1.82, 2.24) is 0 Å². The molecule has 0 aliphatic carbocycles. The van der Waals surface area contributed by atoms with E-state index in [1.165, 1.54) is 0 Å². The van der Waals surface area contributed by atoms with Crippen LogP contribution in [0.3, 0.4) is 0 Å². The summed E-state index contributed by atoms with van der Waals surface area (Å²) in [6, 6.07) is 0. The van der Waals surface area contributed by atoms with Crippen LogP contribution >= 0.6 is 0 Å². The Bertz CT molecular complexity index is 502. The zero-order valence-electron chi connectivity index (χ0n) is 35.0. The van der Waals surface area contributed by atoms with Gasteiger partial charge >= 0.3 is 28.0 Å². The fourth-order valence-corrected chi connectivity index (χ4v) is 13.5. The van der Waals surface area contributed by atoms with Crippen LogP contribution in [0.15, 0.2) is 0 Å². The van der Waals surface area contributed by atoms with E-state index in [4.69, 9.17) is 0 Å². The molecule has 0 aliphatic heterocycles. The molecule has 0 bridgehead atoms. The van der Waals surface area contributed by atoms with Crippen LogP contribution in [0.4, 0.5) is 0 Å². The molecule has 252 valence electrons. The van der Waals surface area contributed by atoms with Gasteiger partial charge in [-0.25, -0.2) is 0 Å². The van der Waals surface area contributed by atoms with E-state index < -0.39 is 0 Å². The molecule has 0 saturated heterocycles. The molecule has 0 saturated carbocycles. The predicted molar refractivity (Wildman–Crippen MR) is 216 cm³/mol. The van der Waals surface area contributed by atoms with Gasteiger partial charge in [-0.05, 0) is 40.3 Å². The van der Waals surface area contributed by atoms with Gasteiger partial charge in [0.1, 0.15) is 0 Å². The van der Waals surface area contributed by atoms with Crippen molar-refractivity contribution < 1.29 is 0 Å². The van der Waals surface area contributed by atoms with Gasteiger partial charge in [-0.2, -0.15) is 0 Å². The first-order valence-electron chi connectivity index (χ1n) is 16.2. The van der Waals surface area contributed by atoms with Crippen LogP contribution < -0.4 is 0 Å². The van der Waals surface area contributed by atoms with Gasteiger partial charge in [0.25, 0.3) is 0 Å². The minimum absolute atomic E-state index is 0.221. The Labute approximate surface area is 293 Å². The van der Waals surface area contributed by atoms with Crippen molar-refractivity contribution >= 4 is 63.2 Å². The van der Waals surface area contributed by atoms with E-state index in [1.54, 1.807) is 0 Å². The molecule has 0 fully saturated rings. The molecule has 42 heavy (non-hydrogen) atoms. The first-order valence-corrected chi connectivity index (χ1v) is 30.8. The van der Waals surface area contributed by atoms with Crippen LogP contribution in [-0.2, 0) is 0 Å². The summed E-state index contributed by atoms with van der Waals surface area (Å²) in [7, 11) is -0.883. The second-order valence-corrected chi connectivity index (χ2v) is 37.5. The monoisotopic (exact) mass is 776 g/mol. The predicted octanol–water partition coefficient (Wildman–Crippen LogP) is 14.1. The SMILES string of the molecule is C[Si](C(C)(C)C)C(C)(C)C.C[Si](C(C)(C)C)C(C)(C)C.C[Si](C(C)(C)C)C(C)(C)C.C[Si](C(C)(C)C)C(C)(C)C.[Ge]=[Ge]. The molecule has 0 amide bonds. The van der Waals surface area contributed by atoms with Crippen molar-refractivity contribution in [2.24, 2.45) is 0 Å². The van der Waals surface area contributed by atoms with Gasteiger partial charge in [0.15, 0.2) is 0 Å². The average Bonchev–Trinajstić information content (AvgIpc) is 2.69. The maximum atomic E-state index is 2.44. The Hall–Kier alpha value is 1.95. The Morgan fingerprint density at radius 1 is 0.214 bits per heavy atom. The number of rotatable bonds is 0. The Morgan fingerprint density at radius 3 is 0.262 bits per heavy atom. The molecule has 0 aromatic carbocycles. The van der Waals surface area contributed by atoms with Crippen LogP contribution in [0.5, 0.6) is 0 Å². The first-order chi connectivity index (χ1) is 17.6. The normalized spacial score (nSPS) is 13.8. The molecule has 0 nitrogen and oxygen atoms in total. The molecular formula is C36H84Ge2Si4. The zero-order chi connectivity index (χ0) is 36.3. The van der Waals surface area contributed by atoms with E-state index in [9.17, 15) is 0 Å². The molecule has 0 unspecified atom stereocenters. The van der Waals surface area contributed by atoms with Crippen LogP contribution in [0.1, 0.15) is 166 Å². The van der Waals surface area contributed by atoms with E-state index in [0.717, 1.165) is 0 Å². The zero-order valence-corrected chi connectivity index (χ0v) is 43.2. The van der Waals surface area contributed by atoms with Crippen LogP contribution in [0.25, 0.3) is 0 Å². The van der Waals surface area contributed by atoms with Crippen molar-refractivity contribution in [2.75, 3.05) is 0 Å². The summed E-state index contributed by atoms with van der Waals surface area (Å²) in [5.41, 5.74) is 0. The molecule has 0 aromatic rings. The molecule has 0 aliphatic rings. The summed E-state index contributed by atoms with van der Waals surface area (Å²) < 4.78 is 0. The van der Waals surface area contributed by atoms with Gasteiger partial charge in [0.05, 0.1) is 35.2 Å². The second-order valence-electron chi connectivity index (χ2n) is 20.5. The van der Waals surface area contributed by atoms with Crippen LogP contribution in [-0.4, -0.2) is 63.2 Å². The van der Waals surface area contributed by atoms with E-state index in [0.29, 0.717) is 40.3 Å². The molecule has 0 heterocycles. The molecule has 0 aromatic heterocycles.